The van der Waals surface area contributed by atoms with Crippen molar-refractivity contribution in [3.05, 3.63) is 69.4 Å². The minimum absolute atomic E-state index is 0.326. The number of alkyl halides is 3. The van der Waals surface area contributed by atoms with E-state index in [0.717, 1.165) is 23.3 Å². The first-order valence-electron chi connectivity index (χ1n) is 6.17. The standard InChI is InChI=1S/C15H12BrF4N/c16-14-7-13(17)6-3-11(14)9-21-8-10-1-4-12(5-2-10)15(18,19)20/h1-7,21H,8-9H2. The minimum Gasteiger partial charge on any atom is -0.309 e. The summed E-state index contributed by atoms with van der Waals surface area (Å²) in [6, 6.07) is 9.38. The first-order valence-corrected chi connectivity index (χ1v) is 6.96. The van der Waals surface area contributed by atoms with Gasteiger partial charge in [-0.15, -0.1) is 0 Å². The molecule has 2 rings (SSSR count). The van der Waals surface area contributed by atoms with Crippen molar-refractivity contribution < 1.29 is 17.6 Å². The molecule has 0 fully saturated rings. The quantitative estimate of drug-likeness (QED) is 0.764. The van der Waals surface area contributed by atoms with Gasteiger partial charge in [-0.2, -0.15) is 13.2 Å². The highest BCUT2D eigenvalue weighted by atomic mass is 79.9. The molecule has 1 nitrogen and oxygen atoms in total. The molecule has 6 heteroatoms. The Morgan fingerprint density at radius 2 is 1.62 bits per heavy atom. The molecule has 1 N–H and O–H groups in total. The van der Waals surface area contributed by atoms with Gasteiger partial charge in [0.1, 0.15) is 5.82 Å². The van der Waals surface area contributed by atoms with Crippen molar-refractivity contribution >= 4 is 15.9 Å². The number of nitrogens with one attached hydrogen (secondary N) is 1. The van der Waals surface area contributed by atoms with Gasteiger partial charge in [0.15, 0.2) is 0 Å². The molecule has 0 unspecified atom stereocenters. The lowest BCUT2D eigenvalue weighted by Gasteiger charge is -2.09. The predicted octanol–water partition coefficient (Wildman–Crippen LogP) is 4.90. The van der Waals surface area contributed by atoms with E-state index in [9.17, 15) is 17.6 Å². The van der Waals surface area contributed by atoms with Gasteiger partial charge in [-0.25, -0.2) is 4.39 Å². The van der Waals surface area contributed by atoms with Crippen molar-refractivity contribution in [3.63, 3.8) is 0 Å². The van der Waals surface area contributed by atoms with Crippen LogP contribution in [0.5, 0.6) is 0 Å². The fourth-order valence-electron chi connectivity index (χ4n) is 1.82. The topological polar surface area (TPSA) is 12.0 Å². The molecule has 0 bridgehead atoms. The summed E-state index contributed by atoms with van der Waals surface area (Å²) >= 11 is 3.26. The second kappa shape index (κ2) is 6.58. The largest absolute Gasteiger partial charge is 0.416 e. The van der Waals surface area contributed by atoms with E-state index in [-0.39, 0.29) is 5.82 Å². The van der Waals surface area contributed by atoms with Crippen LogP contribution in [0.1, 0.15) is 16.7 Å². The van der Waals surface area contributed by atoms with Gasteiger partial charge in [-0.1, -0.05) is 34.1 Å². The summed E-state index contributed by atoms with van der Waals surface area (Å²) in [5, 5.41) is 3.10. The molecule has 2 aromatic carbocycles. The molecule has 21 heavy (non-hydrogen) atoms. The average Bonchev–Trinajstić information content (AvgIpc) is 2.41. The number of halogens is 5. The number of benzene rings is 2. The number of hydrogen-bond donors (Lipinski definition) is 1. The van der Waals surface area contributed by atoms with Crippen LogP contribution < -0.4 is 5.32 Å². The van der Waals surface area contributed by atoms with Crippen molar-refractivity contribution in [2.24, 2.45) is 0 Å². The summed E-state index contributed by atoms with van der Waals surface area (Å²) in [4.78, 5) is 0. The van der Waals surface area contributed by atoms with E-state index < -0.39 is 11.7 Å². The Morgan fingerprint density at radius 1 is 0.952 bits per heavy atom. The lowest BCUT2D eigenvalue weighted by atomic mass is 10.1. The molecule has 0 radical (unpaired) electrons. The normalized spacial score (nSPS) is 11.7. The molecule has 112 valence electrons. The lowest BCUT2D eigenvalue weighted by molar-refractivity contribution is -0.137. The van der Waals surface area contributed by atoms with Crippen LogP contribution in [0.3, 0.4) is 0 Å². The van der Waals surface area contributed by atoms with E-state index in [0.29, 0.717) is 17.6 Å². The summed E-state index contributed by atoms with van der Waals surface area (Å²) < 4.78 is 50.8. The molecule has 0 atom stereocenters. The maximum atomic E-state index is 12.9. The Bertz CT molecular complexity index is 608. The molecule has 2 aromatic rings. The van der Waals surface area contributed by atoms with Crippen LogP contribution in [0.25, 0.3) is 0 Å². The van der Waals surface area contributed by atoms with E-state index in [2.05, 4.69) is 21.2 Å². The summed E-state index contributed by atoms with van der Waals surface area (Å²) in [7, 11) is 0. The SMILES string of the molecule is Fc1ccc(CNCc2ccc(C(F)(F)F)cc2)c(Br)c1. The van der Waals surface area contributed by atoms with Gasteiger partial charge in [0.2, 0.25) is 0 Å². The van der Waals surface area contributed by atoms with Crippen LogP contribution in [-0.4, -0.2) is 0 Å². The summed E-state index contributed by atoms with van der Waals surface area (Å²) in [5.41, 5.74) is 0.970. The van der Waals surface area contributed by atoms with Crippen LogP contribution >= 0.6 is 15.9 Å². The summed E-state index contributed by atoms with van der Waals surface area (Å²) in [5.74, 6) is -0.326. The molecule has 0 spiro atoms. The maximum absolute atomic E-state index is 12.9. The average molecular weight is 362 g/mol. The summed E-state index contributed by atoms with van der Waals surface area (Å²) in [6.45, 7) is 0.920. The van der Waals surface area contributed by atoms with Crippen molar-refractivity contribution in [2.75, 3.05) is 0 Å². The molecule has 0 aliphatic heterocycles. The molecular formula is C15H12BrF4N. The Kier molecular flexibility index (Phi) is 5.00. The van der Waals surface area contributed by atoms with Crippen molar-refractivity contribution in [2.45, 2.75) is 19.3 Å². The third kappa shape index (κ3) is 4.54. The van der Waals surface area contributed by atoms with Gasteiger partial charge < -0.3 is 5.32 Å². The smallest absolute Gasteiger partial charge is 0.309 e. The maximum Gasteiger partial charge on any atom is 0.416 e. The van der Waals surface area contributed by atoms with Crippen molar-refractivity contribution in [3.8, 4) is 0 Å². The van der Waals surface area contributed by atoms with Crippen LogP contribution in [0.15, 0.2) is 46.9 Å². The van der Waals surface area contributed by atoms with Gasteiger partial charge in [-0.05, 0) is 35.4 Å². The number of rotatable bonds is 4. The van der Waals surface area contributed by atoms with Gasteiger partial charge in [0.05, 0.1) is 5.56 Å². The Labute approximate surface area is 128 Å². The first-order chi connectivity index (χ1) is 9.86. The van der Waals surface area contributed by atoms with Gasteiger partial charge in [-0.3, -0.25) is 0 Å². The number of hydrogen-bond acceptors (Lipinski definition) is 1. The zero-order valence-corrected chi connectivity index (χ0v) is 12.4. The zero-order chi connectivity index (χ0) is 15.5. The highest BCUT2D eigenvalue weighted by molar-refractivity contribution is 9.10. The van der Waals surface area contributed by atoms with Crippen LogP contribution in [0.2, 0.25) is 0 Å². The zero-order valence-electron chi connectivity index (χ0n) is 10.8. The van der Waals surface area contributed by atoms with E-state index in [1.165, 1.54) is 24.3 Å². The second-order valence-electron chi connectivity index (χ2n) is 4.53. The molecule has 0 heterocycles. The molecule has 0 amide bonds. The fraction of sp³-hybridized carbons (Fsp3) is 0.200. The Hall–Kier alpha value is -1.40. The lowest BCUT2D eigenvalue weighted by Crippen LogP contribution is -2.13. The molecular weight excluding hydrogens is 350 g/mol. The molecule has 0 saturated carbocycles. The Balaban J connectivity index is 1.91. The van der Waals surface area contributed by atoms with Gasteiger partial charge in [0.25, 0.3) is 0 Å². The highest BCUT2D eigenvalue weighted by Crippen LogP contribution is 2.29. The second-order valence-corrected chi connectivity index (χ2v) is 5.39. The molecule has 0 aliphatic rings. The third-order valence-electron chi connectivity index (χ3n) is 2.94. The van der Waals surface area contributed by atoms with Gasteiger partial charge in [0, 0.05) is 17.6 Å². The minimum atomic E-state index is -4.31. The van der Waals surface area contributed by atoms with Crippen molar-refractivity contribution in [1.82, 2.24) is 5.32 Å². The predicted molar refractivity (Wildman–Crippen MR) is 76.1 cm³/mol. The third-order valence-corrected chi connectivity index (χ3v) is 3.68. The van der Waals surface area contributed by atoms with Crippen LogP contribution in [0.4, 0.5) is 17.6 Å². The summed E-state index contributed by atoms with van der Waals surface area (Å²) in [6.07, 6.45) is -4.31. The Morgan fingerprint density at radius 3 is 2.19 bits per heavy atom. The van der Waals surface area contributed by atoms with Gasteiger partial charge >= 0.3 is 6.18 Å². The monoisotopic (exact) mass is 361 g/mol. The van der Waals surface area contributed by atoms with E-state index >= 15 is 0 Å². The highest BCUT2D eigenvalue weighted by Gasteiger charge is 2.29. The van der Waals surface area contributed by atoms with E-state index in [1.54, 1.807) is 6.07 Å². The molecule has 0 aliphatic carbocycles. The first kappa shape index (κ1) is 16.0. The molecule has 0 saturated heterocycles. The van der Waals surface area contributed by atoms with Crippen molar-refractivity contribution in [1.29, 1.82) is 0 Å². The van der Waals surface area contributed by atoms with Crippen LogP contribution in [0, 0.1) is 5.82 Å². The van der Waals surface area contributed by atoms with E-state index in [1.807, 2.05) is 0 Å². The fourth-order valence-corrected chi connectivity index (χ4v) is 2.31. The van der Waals surface area contributed by atoms with E-state index in [4.69, 9.17) is 0 Å². The van der Waals surface area contributed by atoms with Crippen LogP contribution in [-0.2, 0) is 19.3 Å². The molecule has 0 aromatic heterocycles.